The molecule has 1 fully saturated rings. The summed E-state index contributed by atoms with van der Waals surface area (Å²) < 4.78 is 7.56. The van der Waals surface area contributed by atoms with E-state index in [1.807, 2.05) is 30.4 Å². The van der Waals surface area contributed by atoms with Crippen molar-refractivity contribution in [2.24, 2.45) is 0 Å². The molecule has 0 spiro atoms. The maximum Gasteiger partial charge on any atom is 0.410 e. The summed E-state index contributed by atoms with van der Waals surface area (Å²) in [5.74, 6) is 1.04. The zero-order valence-corrected chi connectivity index (χ0v) is 15.9. The van der Waals surface area contributed by atoms with Crippen LogP contribution < -0.4 is 5.32 Å². The molecule has 140 valence electrons. The minimum atomic E-state index is -0.444. The lowest BCUT2D eigenvalue weighted by molar-refractivity contribution is 0.0213. The van der Waals surface area contributed by atoms with Crippen molar-refractivity contribution < 1.29 is 9.53 Å². The quantitative estimate of drug-likeness (QED) is 0.905. The molecule has 1 amide bonds. The van der Waals surface area contributed by atoms with Crippen LogP contribution >= 0.6 is 0 Å². The second kappa shape index (κ2) is 7.32. The second-order valence-electron chi connectivity index (χ2n) is 8.31. The molecule has 0 bridgehead atoms. The van der Waals surface area contributed by atoms with E-state index in [9.17, 15) is 4.79 Å². The lowest BCUT2D eigenvalue weighted by Crippen LogP contribution is -2.43. The Hall–Kier alpha value is -1.63. The summed E-state index contributed by atoms with van der Waals surface area (Å²) >= 11 is 0. The van der Waals surface area contributed by atoms with Crippen LogP contribution in [0.3, 0.4) is 0 Å². The van der Waals surface area contributed by atoms with Gasteiger partial charge in [0.25, 0.3) is 0 Å². The Kier molecular flexibility index (Phi) is 5.32. The van der Waals surface area contributed by atoms with Crippen LogP contribution in [-0.2, 0) is 11.3 Å². The van der Waals surface area contributed by atoms with Gasteiger partial charge in [0.15, 0.2) is 0 Å². The van der Waals surface area contributed by atoms with Gasteiger partial charge in [0, 0.05) is 25.2 Å². The highest BCUT2D eigenvalue weighted by Crippen LogP contribution is 2.27. The minimum Gasteiger partial charge on any atom is -0.444 e. The van der Waals surface area contributed by atoms with Crippen molar-refractivity contribution in [3.05, 3.63) is 12.2 Å². The maximum atomic E-state index is 12.4. The molecule has 3 heterocycles. The van der Waals surface area contributed by atoms with Crippen LogP contribution in [0.5, 0.6) is 0 Å². The van der Waals surface area contributed by atoms with Crippen molar-refractivity contribution in [3.8, 4) is 0 Å². The fourth-order valence-electron chi connectivity index (χ4n) is 3.91. The number of rotatable bonds is 4. The summed E-state index contributed by atoms with van der Waals surface area (Å²) in [6, 6.07) is 0.808. The van der Waals surface area contributed by atoms with E-state index in [-0.39, 0.29) is 18.2 Å². The molecule has 3 atom stereocenters. The van der Waals surface area contributed by atoms with Crippen LogP contribution in [0.2, 0.25) is 0 Å². The molecule has 25 heavy (non-hydrogen) atoms. The van der Waals surface area contributed by atoms with E-state index in [4.69, 9.17) is 4.74 Å². The van der Waals surface area contributed by atoms with Crippen molar-refractivity contribution in [2.45, 2.75) is 90.1 Å². The topological polar surface area (TPSA) is 72.3 Å². The number of nitrogens with one attached hydrogen (secondary N) is 1. The van der Waals surface area contributed by atoms with Crippen molar-refractivity contribution in [1.82, 2.24) is 25.0 Å². The van der Waals surface area contributed by atoms with Crippen molar-refractivity contribution in [2.75, 3.05) is 6.54 Å². The van der Waals surface area contributed by atoms with Gasteiger partial charge >= 0.3 is 6.09 Å². The summed E-state index contributed by atoms with van der Waals surface area (Å²) in [5, 5.41) is 7.98. The van der Waals surface area contributed by atoms with E-state index in [2.05, 4.69) is 22.3 Å². The number of fused-ring (bicyclic) bond motifs is 1. The first-order valence-corrected chi connectivity index (χ1v) is 9.47. The van der Waals surface area contributed by atoms with Gasteiger partial charge in [-0.15, -0.1) is 0 Å². The van der Waals surface area contributed by atoms with Crippen LogP contribution in [0.25, 0.3) is 0 Å². The Labute approximate surface area is 150 Å². The monoisotopic (exact) mass is 349 g/mol. The molecular weight excluding hydrogens is 318 g/mol. The first kappa shape index (κ1) is 18.2. The molecule has 2 aliphatic rings. The van der Waals surface area contributed by atoms with Crippen LogP contribution in [0, 0.1) is 0 Å². The second-order valence-corrected chi connectivity index (χ2v) is 8.31. The number of amides is 1. The van der Waals surface area contributed by atoms with Gasteiger partial charge in [0.1, 0.15) is 17.8 Å². The molecule has 7 nitrogen and oxygen atoms in total. The zero-order valence-electron chi connectivity index (χ0n) is 15.9. The highest BCUT2D eigenvalue weighted by molar-refractivity contribution is 5.68. The summed E-state index contributed by atoms with van der Waals surface area (Å²) in [6.07, 6.45) is 6.70. The molecule has 0 aliphatic carbocycles. The molecule has 3 rings (SSSR count). The first-order chi connectivity index (χ1) is 11.8. The van der Waals surface area contributed by atoms with E-state index < -0.39 is 5.60 Å². The SMILES string of the molecule is CC(CC1CCCN1C(=O)OC(C)(C)C)NC1CCCn2ncnc21. The molecule has 1 saturated heterocycles. The fourth-order valence-corrected chi connectivity index (χ4v) is 3.91. The Bertz CT molecular complexity index is 595. The lowest BCUT2D eigenvalue weighted by Gasteiger charge is -2.32. The van der Waals surface area contributed by atoms with E-state index in [1.165, 1.54) is 0 Å². The van der Waals surface area contributed by atoms with Crippen LogP contribution in [0.15, 0.2) is 6.33 Å². The van der Waals surface area contributed by atoms with E-state index in [1.54, 1.807) is 6.33 Å². The molecule has 0 aromatic carbocycles. The summed E-state index contributed by atoms with van der Waals surface area (Å²) in [5.41, 5.74) is -0.444. The number of hydrogen-bond acceptors (Lipinski definition) is 5. The van der Waals surface area contributed by atoms with E-state index in [0.29, 0.717) is 6.04 Å². The third-order valence-corrected chi connectivity index (χ3v) is 4.94. The molecule has 1 N–H and O–H groups in total. The van der Waals surface area contributed by atoms with Gasteiger partial charge in [-0.1, -0.05) is 0 Å². The zero-order chi connectivity index (χ0) is 18.0. The van der Waals surface area contributed by atoms with Crippen molar-refractivity contribution in [1.29, 1.82) is 0 Å². The number of ether oxygens (including phenoxy) is 1. The number of nitrogens with zero attached hydrogens (tertiary/aromatic N) is 4. The van der Waals surface area contributed by atoms with E-state index in [0.717, 1.165) is 51.0 Å². The van der Waals surface area contributed by atoms with Gasteiger partial charge in [0.2, 0.25) is 0 Å². The smallest absolute Gasteiger partial charge is 0.410 e. The predicted octanol–water partition coefficient (Wildman–Crippen LogP) is 2.88. The van der Waals surface area contributed by atoms with Gasteiger partial charge in [-0.2, -0.15) is 5.10 Å². The fraction of sp³-hybridized carbons (Fsp3) is 0.833. The summed E-state index contributed by atoms with van der Waals surface area (Å²) in [4.78, 5) is 18.8. The van der Waals surface area contributed by atoms with Gasteiger partial charge in [-0.05, 0) is 59.8 Å². The predicted molar refractivity (Wildman–Crippen MR) is 95.2 cm³/mol. The Morgan fingerprint density at radius 1 is 1.36 bits per heavy atom. The summed E-state index contributed by atoms with van der Waals surface area (Å²) in [6.45, 7) is 9.69. The average Bonchev–Trinajstić information content (AvgIpc) is 3.14. The van der Waals surface area contributed by atoms with Crippen molar-refractivity contribution >= 4 is 6.09 Å². The molecule has 0 saturated carbocycles. The molecular formula is C18H31N5O2. The Morgan fingerprint density at radius 2 is 2.12 bits per heavy atom. The molecule has 1 aromatic heterocycles. The van der Waals surface area contributed by atoms with Crippen molar-refractivity contribution in [3.63, 3.8) is 0 Å². The van der Waals surface area contributed by atoms with Gasteiger partial charge in [0.05, 0.1) is 6.04 Å². The number of likely N-dealkylation sites (tertiary alicyclic amines) is 1. The average molecular weight is 349 g/mol. The van der Waals surface area contributed by atoms with E-state index >= 15 is 0 Å². The standard InChI is InChI=1S/C18H31N5O2/c1-13(21-15-8-6-10-23-16(15)19-12-20-23)11-14-7-5-9-22(14)17(24)25-18(2,3)4/h12-15,21H,5-11H2,1-4H3. The molecule has 2 aliphatic heterocycles. The molecule has 1 aromatic rings. The molecule has 3 unspecified atom stereocenters. The number of carbonyl (C=O) groups is 1. The van der Waals surface area contributed by atoms with Crippen LogP contribution in [0.4, 0.5) is 4.79 Å². The Morgan fingerprint density at radius 3 is 2.88 bits per heavy atom. The lowest BCUT2D eigenvalue weighted by atomic mass is 10.0. The third-order valence-electron chi connectivity index (χ3n) is 4.94. The Balaban J connectivity index is 1.56. The third kappa shape index (κ3) is 4.51. The van der Waals surface area contributed by atoms with Gasteiger partial charge in [-0.3, -0.25) is 0 Å². The highest BCUT2D eigenvalue weighted by Gasteiger charge is 2.33. The minimum absolute atomic E-state index is 0.181. The normalized spacial score (nSPS) is 24.9. The van der Waals surface area contributed by atoms with Crippen LogP contribution in [0.1, 0.15) is 71.7 Å². The highest BCUT2D eigenvalue weighted by atomic mass is 16.6. The number of hydrogen-bond donors (Lipinski definition) is 1. The molecule has 7 heteroatoms. The van der Waals surface area contributed by atoms with Crippen LogP contribution in [-0.4, -0.2) is 50.0 Å². The summed E-state index contributed by atoms with van der Waals surface area (Å²) in [7, 11) is 0. The first-order valence-electron chi connectivity index (χ1n) is 9.47. The van der Waals surface area contributed by atoms with Gasteiger partial charge < -0.3 is 15.0 Å². The molecule has 0 radical (unpaired) electrons. The number of carbonyl (C=O) groups excluding carboxylic acids is 1. The van der Waals surface area contributed by atoms with Gasteiger partial charge in [-0.25, -0.2) is 14.5 Å². The maximum absolute atomic E-state index is 12.4. The largest absolute Gasteiger partial charge is 0.444 e. The number of aryl methyl sites for hydroxylation is 1. The number of aromatic nitrogens is 3.